The van der Waals surface area contributed by atoms with Crippen LogP contribution in [0.1, 0.15) is 57.6 Å². The van der Waals surface area contributed by atoms with Gasteiger partial charge in [0.05, 0.1) is 5.60 Å². The Morgan fingerprint density at radius 2 is 1.83 bits per heavy atom. The SMILES string of the molecule is CCC1(C)CC(CCN(Cc2ccccc2F)C(C)=O)(c2ccccc2)CCO1. The lowest BCUT2D eigenvalue weighted by atomic mass is 9.66. The van der Waals surface area contributed by atoms with Crippen LogP contribution in [-0.2, 0) is 21.5 Å². The summed E-state index contributed by atoms with van der Waals surface area (Å²) >= 11 is 0. The number of carbonyl (C=O) groups is 1. The summed E-state index contributed by atoms with van der Waals surface area (Å²) in [5, 5.41) is 0. The molecule has 0 bridgehead atoms. The van der Waals surface area contributed by atoms with Gasteiger partial charge in [-0.2, -0.15) is 0 Å². The Bertz CT molecular complexity index is 825. The summed E-state index contributed by atoms with van der Waals surface area (Å²) in [5.74, 6) is -0.289. The molecule has 156 valence electrons. The van der Waals surface area contributed by atoms with Crippen molar-refractivity contribution in [3.63, 3.8) is 0 Å². The quantitative estimate of drug-likeness (QED) is 0.619. The number of carbonyl (C=O) groups excluding carboxylic acids is 1. The van der Waals surface area contributed by atoms with E-state index >= 15 is 0 Å². The fraction of sp³-hybridized carbons (Fsp3) is 0.480. The van der Waals surface area contributed by atoms with E-state index in [4.69, 9.17) is 4.74 Å². The highest BCUT2D eigenvalue weighted by Gasteiger charge is 2.43. The molecule has 1 fully saturated rings. The summed E-state index contributed by atoms with van der Waals surface area (Å²) in [4.78, 5) is 14.1. The fourth-order valence-corrected chi connectivity index (χ4v) is 4.50. The van der Waals surface area contributed by atoms with Crippen LogP contribution in [0.15, 0.2) is 54.6 Å². The summed E-state index contributed by atoms with van der Waals surface area (Å²) in [6, 6.07) is 17.3. The van der Waals surface area contributed by atoms with Crippen molar-refractivity contribution in [3.8, 4) is 0 Å². The van der Waals surface area contributed by atoms with E-state index in [0.29, 0.717) is 25.3 Å². The number of hydrogen-bond donors (Lipinski definition) is 0. The van der Waals surface area contributed by atoms with Crippen LogP contribution in [0.5, 0.6) is 0 Å². The standard InChI is InChI=1S/C25H32FNO2/c1-4-24(3)19-25(15-17-29-24,22-11-6-5-7-12-22)14-16-27(20(2)28)18-21-10-8-9-13-23(21)26/h5-13H,4,14-19H2,1-3H3. The molecular weight excluding hydrogens is 365 g/mol. The molecule has 1 heterocycles. The minimum Gasteiger partial charge on any atom is -0.375 e. The summed E-state index contributed by atoms with van der Waals surface area (Å²) in [6.45, 7) is 7.53. The molecule has 1 aliphatic rings. The first-order valence-corrected chi connectivity index (χ1v) is 10.6. The maximum absolute atomic E-state index is 14.1. The van der Waals surface area contributed by atoms with Gasteiger partial charge in [-0.3, -0.25) is 4.79 Å². The highest BCUT2D eigenvalue weighted by atomic mass is 19.1. The number of benzene rings is 2. The Kier molecular flexibility index (Phi) is 6.74. The Morgan fingerprint density at radius 1 is 1.14 bits per heavy atom. The number of halogens is 1. The lowest BCUT2D eigenvalue weighted by molar-refractivity contribution is -0.130. The normalized spacial score (nSPS) is 24.3. The van der Waals surface area contributed by atoms with Gasteiger partial charge in [0.25, 0.3) is 0 Å². The van der Waals surface area contributed by atoms with Crippen LogP contribution in [0.25, 0.3) is 0 Å². The molecule has 0 aromatic heterocycles. The van der Waals surface area contributed by atoms with Crippen molar-refractivity contribution in [1.29, 1.82) is 0 Å². The van der Waals surface area contributed by atoms with Crippen molar-refractivity contribution in [2.45, 2.75) is 64.0 Å². The van der Waals surface area contributed by atoms with Crippen LogP contribution in [0.4, 0.5) is 4.39 Å². The molecule has 0 saturated carbocycles. The van der Waals surface area contributed by atoms with Crippen molar-refractivity contribution in [1.82, 2.24) is 4.90 Å². The molecule has 1 amide bonds. The third-order valence-corrected chi connectivity index (χ3v) is 6.50. The van der Waals surface area contributed by atoms with Gasteiger partial charge in [0, 0.05) is 37.6 Å². The average molecular weight is 398 g/mol. The van der Waals surface area contributed by atoms with Crippen molar-refractivity contribution >= 4 is 5.91 Å². The van der Waals surface area contributed by atoms with E-state index < -0.39 is 0 Å². The molecule has 0 N–H and O–H groups in total. The number of rotatable bonds is 7. The van der Waals surface area contributed by atoms with Gasteiger partial charge in [0.15, 0.2) is 0 Å². The number of amides is 1. The molecular formula is C25H32FNO2. The zero-order valence-corrected chi connectivity index (χ0v) is 17.8. The molecule has 1 saturated heterocycles. The van der Waals surface area contributed by atoms with Crippen LogP contribution in [0.2, 0.25) is 0 Å². The molecule has 1 aliphatic heterocycles. The van der Waals surface area contributed by atoms with E-state index in [1.54, 1.807) is 24.0 Å². The molecule has 0 aliphatic carbocycles. The van der Waals surface area contributed by atoms with Gasteiger partial charge in [0.2, 0.25) is 5.91 Å². The minimum absolute atomic E-state index is 0.0261. The summed E-state index contributed by atoms with van der Waals surface area (Å²) in [6.07, 6.45) is 3.64. The first-order valence-electron chi connectivity index (χ1n) is 10.6. The lowest BCUT2D eigenvalue weighted by Crippen LogP contribution is -2.47. The lowest BCUT2D eigenvalue weighted by Gasteiger charge is -2.47. The molecule has 2 aromatic rings. The van der Waals surface area contributed by atoms with Crippen LogP contribution >= 0.6 is 0 Å². The first-order chi connectivity index (χ1) is 13.9. The maximum atomic E-state index is 14.1. The summed E-state index contributed by atoms with van der Waals surface area (Å²) < 4.78 is 20.3. The molecule has 3 nitrogen and oxygen atoms in total. The molecule has 2 aromatic carbocycles. The van der Waals surface area contributed by atoms with E-state index in [1.165, 1.54) is 11.6 Å². The maximum Gasteiger partial charge on any atom is 0.219 e. The number of nitrogens with zero attached hydrogens (tertiary/aromatic N) is 1. The van der Waals surface area contributed by atoms with Crippen LogP contribution in [-0.4, -0.2) is 29.6 Å². The minimum atomic E-state index is -0.263. The van der Waals surface area contributed by atoms with Crippen molar-refractivity contribution in [3.05, 3.63) is 71.5 Å². The highest BCUT2D eigenvalue weighted by molar-refractivity contribution is 5.73. The molecule has 2 unspecified atom stereocenters. The Morgan fingerprint density at radius 3 is 2.48 bits per heavy atom. The van der Waals surface area contributed by atoms with E-state index in [2.05, 4.69) is 38.1 Å². The second kappa shape index (κ2) is 9.08. The van der Waals surface area contributed by atoms with Gasteiger partial charge >= 0.3 is 0 Å². The van der Waals surface area contributed by atoms with Gasteiger partial charge < -0.3 is 9.64 Å². The highest BCUT2D eigenvalue weighted by Crippen LogP contribution is 2.45. The molecule has 3 rings (SSSR count). The topological polar surface area (TPSA) is 29.5 Å². The van der Waals surface area contributed by atoms with Crippen molar-refractivity contribution in [2.75, 3.05) is 13.2 Å². The molecule has 4 heteroatoms. The zero-order valence-electron chi connectivity index (χ0n) is 17.8. The Labute approximate surface area is 173 Å². The molecule has 0 spiro atoms. The van der Waals surface area contributed by atoms with E-state index in [0.717, 1.165) is 25.7 Å². The zero-order chi connectivity index (χ0) is 20.9. The Balaban J connectivity index is 1.83. The van der Waals surface area contributed by atoms with Gasteiger partial charge in [-0.25, -0.2) is 4.39 Å². The average Bonchev–Trinajstić information content (AvgIpc) is 2.73. The monoisotopic (exact) mass is 397 g/mol. The van der Waals surface area contributed by atoms with Crippen LogP contribution in [0, 0.1) is 5.82 Å². The van der Waals surface area contributed by atoms with E-state index in [1.807, 2.05) is 12.1 Å². The van der Waals surface area contributed by atoms with Gasteiger partial charge in [-0.1, -0.05) is 55.5 Å². The number of hydrogen-bond acceptors (Lipinski definition) is 2. The molecule has 29 heavy (non-hydrogen) atoms. The second-order valence-corrected chi connectivity index (χ2v) is 8.51. The van der Waals surface area contributed by atoms with Crippen LogP contribution < -0.4 is 0 Å². The molecule has 2 atom stereocenters. The predicted molar refractivity (Wildman–Crippen MR) is 114 cm³/mol. The number of ether oxygens (including phenoxy) is 1. The second-order valence-electron chi connectivity index (χ2n) is 8.51. The Hall–Kier alpha value is -2.20. The smallest absolute Gasteiger partial charge is 0.219 e. The van der Waals surface area contributed by atoms with E-state index in [9.17, 15) is 9.18 Å². The predicted octanol–water partition coefficient (Wildman–Crippen LogP) is 5.48. The van der Waals surface area contributed by atoms with E-state index in [-0.39, 0.29) is 22.7 Å². The van der Waals surface area contributed by atoms with Crippen LogP contribution in [0.3, 0.4) is 0 Å². The third kappa shape index (κ3) is 5.05. The third-order valence-electron chi connectivity index (χ3n) is 6.50. The van der Waals surface area contributed by atoms with Gasteiger partial charge in [0.1, 0.15) is 5.82 Å². The van der Waals surface area contributed by atoms with Gasteiger partial charge in [-0.05, 0) is 44.2 Å². The van der Waals surface area contributed by atoms with Crippen molar-refractivity contribution in [2.24, 2.45) is 0 Å². The largest absolute Gasteiger partial charge is 0.375 e. The fourth-order valence-electron chi connectivity index (χ4n) is 4.50. The summed E-state index contributed by atoms with van der Waals surface area (Å²) in [7, 11) is 0. The van der Waals surface area contributed by atoms with Crippen molar-refractivity contribution < 1.29 is 13.9 Å². The van der Waals surface area contributed by atoms with Gasteiger partial charge in [-0.15, -0.1) is 0 Å². The molecule has 0 radical (unpaired) electrons. The first kappa shape index (κ1) is 21.5. The summed E-state index contributed by atoms with van der Waals surface area (Å²) in [5.41, 5.74) is 1.65.